The van der Waals surface area contributed by atoms with Crippen molar-refractivity contribution in [2.24, 2.45) is 12.8 Å². The molecule has 0 spiro atoms. The van der Waals surface area contributed by atoms with Gasteiger partial charge < -0.3 is 11.1 Å². The second kappa shape index (κ2) is 6.31. The summed E-state index contributed by atoms with van der Waals surface area (Å²) in [5, 5.41) is 6.15. The number of hydrogen-bond donors (Lipinski definition) is 3. The topological polar surface area (TPSA) is 106 Å². The van der Waals surface area contributed by atoms with Gasteiger partial charge in [-0.15, -0.1) is 0 Å². The highest BCUT2D eigenvalue weighted by Crippen LogP contribution is 2.20. The fraction of sp³-hybridized carbons (Fsp3) is 0.533. The molecule has 2 aromatic rings. The molecule has 1 amide bonds. The van der Waals surface area contributed by atoms with Crippen LogP contribution in [-0.2, 0) is 18.3 Å². The van der Waals surface area contributed by atoms with Gasteiger partial charge in [0.15, 0.2) is 5.65 Å². The Morgan fingerprint density at radius 2 is 2.14 bits per heavy atom. The molecule has 120 valence electrons. The van der Waals surface area contributed by atoms with Crippen molar-refractivity contribution in [1.82, 2.24) is 20.1 Å². The predicted octanol–water partition coefficient (Wildman–Crippen LogP) is 0.274. The lowest BCUT2D eigenvalue weighted by molar-refractivity contribution is -0.121. The molecule has 2 heterocycles. The summed E-state index contributed by atoms with van der Waals surface area (Å²) < 4.78 is 1.62. The van der Waals surface area contributed by atoms with Crippen LogP contribution in [0.2, 0.25) is 0 Å². The molecule has 4 N–H and O–H groups in total. The van der Waals surface area contributed by atoms with E-state index in [1.807, 2.05) is 20.8 Å². The number of carbonyl (C=O) groups excluding carboxylic acids is 1. The smallest absolute Gasteiger partial charge is 0.273 e. The number of rotatable bonds is 5. The van der Waals surface area contributed by atoms with Crippen molar-refractivity contribution in [3.05, 3.63) is 27.2 Å². The van der Waals surface area contributed by atoms with Crippen molar-refractivity contribution in [2.75, 3.05) is 6.54 Å². The Morgan fingerprint density at radius 3 is 2.77 bits per heavy atom. The molecule has 2 rings (SSSR count). The summed E-state index contributed by atoms with van der Waals surface area (Å²) in [6.07, 6.45) is 0.905. The van der Waals surface area contributed by atoms with Crippen molar-refractivity contribution in [3.63, 3.8) is 0 Å². The Labute approximate surface area is 128 Å². The zero-order valence-corrected chi connectivity index (χ0v) is 13.5. The number of aromatic amines is 1. The van der Waals surface area contributed by atoms with Crippen LogP contribution in [0, 0.1) is 13.8 Å². The lowest BCUT2D eigenvalue weighted by Gasteiger charge is -2.13. The van der Waals surface area contributed by atoms with Gasteiger partial charge in [-0.1, -0.05) is 0 Å². The third-order valence-electron chi connectivity index (χ3n) is 3.94. The third kappa shape index (κ3) is 3.04. The largest absolute Gasteiger partial charge is 0.352 e. The van der Waals surface area contributed by atoms with E-state index >= 15 is 0 Å². The first-order valence-corrected chi connectivity index (χ1v) is 7.39. The van der Waals surface area contributed by atoms with Crippen molar-refractivity contribution >= 4 is 16.9 Å². The standard InChI is InChI=1S/C15H23N5O2/c1-8(7-16)17-12(21)6-5-11-9(2)13-14(18-10(11)3)20(4)19-15(13)22/h8H,5-7,16H2,1-4H3,(H,17,21)(H,19,22)/t8-/m0/s1. The summed E-state index contributed by atoms with van der Waals surface area (Å²) in [4.78, 5) is 28.4. The molecule has 1 atom stereocenters. The molecule has 0 aliphatic heterocycles. The Kier molecular flexibility index (Phi) is 4.65. The number of nitrogens with one attached hydrogen (secondary N) is 2. The van der Waals surface area contributed by atoms with Crippen LogP contribution in [0.1, 0.15) is 30.2 Å². The maximum Gasteiger partial charge on any atom is 0.273 e. The number of hydrogen-bond acceptors (Lipinski definition) is 4. The lowest BCUT2D eigenvalue weighted by atomic mass is 10.00. The minimum atomic E-state index is -0.148. The van der Waals surface area contributed by atoms with Gasteiger partial charge in [-0.05, 0) is 38.3 Å². The van der Waals surface area contributed by atoms with Gasteiger partial charge >= 0.3 is 0 Å². The number of nitrogens with zero attached hydrogens (tertiary/aromatic N) is 2. The van der Waals surface area contributed by atoms with Crippen molar-refractivity contribution in [1.29, 1.82) is 0 Å². The molecule has 0 aliphatic carbocycles. The van der Waals surface area contributed by atoms with Gasteiger partial charge in [0.05, 0.1) is 5.39 Å². The second-order valence-electron chi connectivity index (χ2n) is 5.70. The average molecular weight is 305 g/mol. The van der Waals surface area contributed by atoms with Crippen LogP contribution in [0.5, 0.6) is 0 Å². The Hall–Kier alpha value is -2.15. The van der Waals surface area contributed by atoms with E-state index in [-0.39, 0.29) is 17.5 Å². The summed E-state index contributed by atoms with van der Waals surface area (Å²) in [6, 6.07) is -0.0349. The Bertz CT molecular complexity index is 759. The molecule has 0 saturated heterocycles. The van der Waals surface area contributed by atoms with Crippen molar-refractivity contribution < 1.29 is 4.79 Å². The molecule has 0 fully saturated rings. The van der Waals surface area contributed by atoms with Crippen LogP contribution < -0.4 is 16.6 Å². The molecule has 0 aromatic carbocycles. The average Bonchev–Trinajstić information content (AvgIpc) is 2.73. The maximum absolute atomic E-state index is 12.0. The van der Waals surface area contributed by atoms with Crippen LogP contribution in [0.4, 0.5) is 0 Å². The van der Waals surface area contributed by atoms with Crippen LogP contribution in [0.3, 0.4) is 0 Å². The molecule has 22 heavy (non-hydrogen) atoms. The van der Waals surface area contributed by atoms with Gasteiger partial charge in [0.2, 0.25) is 5.91 Å². The summed E-state index contributed by atoms with van der Waals surface area (Å²) >= 11 is 0. The number of nitrogens with two attached hydrogens (primary N) is 1. The first-order chi connectivity index (χ1) is 10.3. The molecule has 7 nitrogen and oxygen atoms in total. The summed E-state index contributed by atoms with van der Waals surface area (Å²) in [7, 11) is 1.76. The van der Waals surface area contributed by atoms with Crippen LogP contribution in [-0.4, -0.2) is 33.3 Å². The number of H-pyrrole nitrogens is 1. The summed E-state index contributed by atoms with van der Waals surface area (Å²) in [5.74, 6) is -0.0428. The van der Waals surface area contributed by atoms with Crippen LogP contribution in [0.25, 0.3) is 11.0 Å². The quantitative estimate of drug-likeness (QED) is 0.737. The number of aromatic nitrogens is 3. The van der Waals surface area contributed by atoms with Gasteiger partial charge in [-0.25, -0.2) is 4.98 Å². The lowest BCUT2D eigenvalue weighted by Crippen LogP contribution is -2.37. The number of amides is 1. The number of aryl methyl sites for hydroxylation is 3. The fourth-order valence-electron chi connectivity index (χ4n) is 2.66. The van der Waals surface area contributed by atoms with Gasteiger partial charge in [-0.2, -0.15) is 0 Å². The maximum atomic E-state index is 12.0. The van der Waals surface area contributed by atoms with Crippen LogP contribution in [0.15, 0.2) is 4.79 Å². The van der Waals surface area contributed by atoms with E-state index in [1.54, 1.807) is 11.7 Å². The zero-order valence-electron chi connectivity index (χ0n) is 13.5. The molecule has 0 radical (unpaired) electrons. The van der Waals surface area contributed by atoms with E-state index < -0.39 is 0 Å². The molecule has 0 bridgehead atoms. The Balaban J connectivity index is 2.27. The first kappa shape index (κ1) is 16.2. The van der Waals surface area contributed by atoms with Gasteiger partial charge in [0.25, 0.3) is 5.56 Å². The molecule has 0 unspecified atom stereocenters. The minimum absolute atomic E-state index is 0.0349. The molecule has 7 heteroatoms. The van der Waals surface area contributed by atoms with Crippen molar-refractivity contribution in [2.45, 2.75) is 39.7 Å². The minimum Gasteiger partial charge on any atom is -0.352 e. The number of carbonyl (C=O) groups is 1. The predicted molar refractivity (Wildman–Crippen MR) is 85.8 cm³/mol. The fourth-order valence-corrected chi connectivity index (χ4v) is 2.66. The molecule has 2 aromatic heterocycles. The van der Waals surface area contributed by atoms with Crippen molar-refractivity contribution in [3.8, 4) is 0 Å². The van der Waals surface area contributed by atoms with Gasteiger partial charge in [-0.3, -0.25) is 19.4 Å². The van der Waals surface area contributed by atoms with E-state index in [0.29, 0.717) is 30.4 Å². The molecular weight excluding hydrogens is 282 g/mol. The molecular formula is C15H23N5O2. The normalized spacial score (nSPS) is 12.6. The zero-order chi connectivity index (χ0) is 16.4. The van der Waals surface area contributed by atoms with E-state index in [2.05, 4.69) is 15.4 Å². The van der Waals surface area contributed by atoms with E-state index in [4.69, 9.17) is 5.73 Å². The van der Waals surface area contributed by atoms with Crippen LogP contribution >= 0.6 is 0 Å². The third-order valence-corrected chi connectivity index (χ3v) is 3.94. The van der Waals surface area contributed by atoms with E-state index in [9.17, 15) is 9.59 Å². The molecule has 0 aliphatic rings. The second-order valence-corrected chi connectivity index (χ2v) is 5.70. The number of fused-ring (bicyclic) bond motifs is 1. The highest BCUT2D eigenvalue weighted by atomic mass is 16.1. The van der Waals surface area contributed by atoms with Gasteiger partial charge in [0, 0.05) is 31.7 Å². The summed E-state index contributed by atoms with van der Waals surface area (Å²) in [6.45, 7) is 6.09. The number of pyridine rings is 1. The van der Waals surface area contributed by atoms with E-state index in [1.165, 1.54) is 0 Å². The first-order valence-electron chi connectivity index (χ1n) is 7.39. The van der Waals surface area contributed by atoms with Gasteiger partial charge in [0.1, 0.15) is 0 Å². The summed E-state index contributed by atoms with van der Waals surface area (Å²) in [5.41, 5.74) is 8.68. The molecule has 0 saturated carbocycles. The highest BCUT2D eigenvalue weighted by molar-refractivity contribution is 5.81. The highest BCUT2D eigenvalue weighted by Gasteiger charge is 2.16. The van der Waals surface area contributed by atoms with E-state index in [0.717, 1.165) is 16.8 Å². The Morgan fingerprint density at radius 1 is 1.45 bits per heavy atom. The SMILES string of the molecule is Cc1nc2c(c(C)c1CCC(=O)N[C@@H](C)CN)c(=O)[nH]n2C. The monoisotopic (exact) mass is 305 g/mol.